The lowest BCUT2D eigenvalue weighted by Gasteiger charge is -2.13. The molecule has 136 valence electrons. The van der Waals surface area contributed by atoms with Gasteiger partial charge in [-0.3, -0.25) is 18.9 Å². The van der Waals surface area contributed by atoms with Gasteiger partial charge < -0.3 is 5.32 Å². The van der Waals surface area contributed by atoms with E-state index < -0.39 is 0 Å². The Labute approximate surface area is 161 Å². The van der Waals surface area contributed by atoms with Gasteiger partial charge in [-0.05, 0) is 30.5 Å². The molecule has 0 aliphatic carbocycles. The third-order valence-corrected chi connectivity index (χ3v) is 5.51. The number of fused-ring (bicyclic) bond motifs is 1. The van der Waals surface area contributed by atoms with E-state index in [0.717, 1.165) is 5.56 Å². The SMILES string of the molecule is Cc1cccn2c(=O)c(/C=C3/SC(=S)N(C)C3=O)c(NCC(C)C)nc12. The molecule has 1 saturated heterocycles. The molecule has 1 fully saturated rings. The molecule has 1 aliphatic heterocycles. The first-order chi connectivity index (χ1) is 12.3. The number of aromatic nitrogens is 2. The van der Waals surface area contributed by atoms with Crippen molar-refractivity contribution in [2.75, 3.05) is 18.9 Å². The van der Waals surface area contributed by atoms with Crippen molar-refractivity contribution in [1.29, 1.82) is 0 Å². The molecule has 0 unspecified atom stereocenters. The average Bonchev–Trinajstić information content (AvgIpc) is 2.83. The largest absolute Gasteiger partial charge is 0.369 e. The zero-order valence-electron chi connectivity index (χ0n) is 15.1. The highest BCUT2D eigenvalue weighted by atomic mass is 32.2. The van der Waals surface area contributed by atoms with Crippen LogP contribution >= 0.6 is 24.0 Å². The minimum Gasteiger partial charge on any atom is -0.369 e. The van der Waals surface area contributed by atoms with Gasteiger partial charge in [0.25, 0.3) is 11.5 Å². The van der Waals surface area contributed by atoms with Gasteiger partial charge in [-0.2, -0.15) is 0 Å². The summed E-state index contributed by atoms with van der Waals surface area (Å²) in [6.45, 7) is 6.74. The molecule has 0 bridgehead atoms. The molecule has 1 amide bonds. The lowest BCUT2D eigenvalue weighted by Crippen LogP contribution is -2.24. The van der Waals surface area contributed by atoms with Crippen LogP contribution in [0.2, 0.25) is 0 Å². The predicted molar refractivity (Wildman–Crippen MR) is 110 cm³/mol. The maximum atomic E-state index is 13.1. The molecule has 0 spiro atoms. The van der Waals surface area contributed by atoms with Crippen molar-refractivity contribution in [2.45, 2.75) is 20.8 Å². The molecule has 6 nitrogen and oxygen atoms in total. The Kier molecular flexibility index (Phi) is 5.15. The number of pyridine rings is 1. The molecular weight excluding hydrogens is 368 g/mol. The van der Waals surface area contributed by atoms with E-state index >= 15 is 0 Å². The van der Waals surface area contributed by atoms with Crippen molar-refractivity contribution in [3.63, 3.8) is 0 Å². The van der Waals surface area contributed by atoms with Crippen molar-refractivity contribution in [1.82, 2.24) is 14.3 Å². The van der Waals surface area contributed by atoms with Gasteiger partial charge in [-0.15, -0.1) is 0 Å². The van der Waals surface area contributed by atoms with Crippen LogP contribution in [0.4, 0.5) is 5.82 Å². The molecule has 2 aromatic rings. The molecule has 2 aromatic heterocycles. The van der Waals surface area contributed by atoms with Crippen molar-refractivity contribution in [3.05, 3.63) is 44.7 Å². The van der Waals surface area contributed by atoms with Crippen molar-refractivity contribution in [2.24, 2.45) is 5.92 Å². The highest BCUT2D eigenvalue weighted by Crippen LogP contribution is 2.31. The highest BCUT2D eigenvalue weighted by Gasteiger charge is 2.29. The Bertz CT molecular complexity index is 995. The molecular formula is C18H20N4O2S2. The predicted octanol–water partition coefficient (Wildman–Crippen LogP) is 2.90. The summed E-state index contributed by atoms with van der Waals surface area (Å²) in [7, 11) is 1.63. The van der Waals surface area contributed by atoms with E-state index in [1.807, 2.05) is 19.1 Å². The fraction of sp³-hybridized carbons (Fsp3) is 0.333. The summed E-state index contributed by atoms with van der Waals surface area (Å²) in [6, 6.07) is 3.72. The zero-order valence-corrected chi connectivity index (χ0v) is 16.7. The van der Waals surface area contributed by atoms with Crippen LogP contribution in [-0.4, -0.2) is 38.1 Å². The quantitative estimate of drug-likeness (QED) is 0.642. The van der Waals surface area contributed by atoms with Gasteiger partial charge in [0, 0.05) is 19.8 Å². The van der Waals surface area contributed by atoms with Crippen LogP contribution < -0.4 is 10.9 Å². The van der Waals surface area contributed by atoms with E-state index in [-0.39, 0.29) is 11.5 Å². The fourth-order valence-corrected chi connectivity index (χ4v) is 3.72. The molecule has 3 heterocycles. The van der Waals surface area contributed by atoms with Crippen LogP contribution in [0.5, 0.6) is 0 Å². The van der Waals surface area contributed by atoms with Gasteiger partial charge in [0.05, 0.1) is 10.5 Å². The van der Waals surface area contributed by atoms with E-state index in [1.54, 1.807) is 19.3 Å². The Morgan fingerprint density at radius 2 is 2.12 bits per heavy atom. The van der Waals surface area contributed by atoms with Crippen LogP contribution in [0.15, 0.2) is 28.0 Å². The third kappa shape index (κ3) is 3.39. The molecule has 8 heteroatoms. The maximum absolute atomic E-state index is 13.1. The van der Waals surface area contributed by atoms with Crippen molar-refractivity contribution in [3.8, 4) is 0 Å². The summed E-state index contributed by atoms with van der Waals surface area (Å²) in [6.07, 6.45) is 3.28. The Morgan fingerprint density at radius 1 is 1.38 bits per heavy atom. The van der Waals surface area contributed by atoms with Crippen molar-refractivity contribution < 1.29 is 4.79 Å². The molecule has 1 aliphatic rings. The number of aryl methyl sites for hydroxylation is 1. The van der Waals surface area contributed by atoms with Crippen LogP contribution in [0.1, 0.15) is 25.0 Å². The third-order valence-electron chi connectivity index (χ3n) is 4.02. The lowest BCUT2D eigenvalue weighted by atomic mass is 10.2. The van der Waals surface area contributed by atoms with Crippen molar-refractivity contribution >= 4 is 51.7 Å². The number of thioether (sulfide) groups is 1. The first-order valence-corrected chi connectivity index (χ1v) is 9.49. The highest BCUT2D eigenvalue weighted by molar-refractivity contribution is 8.26. The monoisotopic (exact) mass is 388 g/mol. The number of nitrogens with zero attached hydrogens (tertiary/aromatic N) is 3. The summed E-state index contributed by atoms with van der Waals surface area (Å²) in [5.41, 5.74) is 1.65. The Morgan fingerprint density at radius 3 is 2.73 bits per heavy atom. The van der Waals surface area contributed by atoms with Crippen LogP contribution in [0, 0.1) is 12.8 Å². The van der Waals surface area contributed by atoms with Gasteiger partial charge in [0.15, 0.2) is 0 Å². The number of nitrogens with one attached hydrogen (secondary N) is 1. The molecule has 0 atom stereocenters. The second kappa shape index (κ2) is 7.20. The molecule has 26 heavy (non-hydrogen) atoms. The number of rotatable bonds is 4. The summed E-state index contributed by atoms with van der Waals surface area (Å²) >= 11 is 6.36. The average molecular weight is 389 g/mol. The van der Waals surface area contributed by atoms with Gasteiger partial charge in [-0.1, -0.05) is 43.9 Å². The van der Waals surface area contributed by atoms with E-state index in [1.165, 1.54) is 21.1 Å². The Balaban J connectivity index is 2.20. The van der Waals surface area contributed by atoms with E-state index in [0.29, 0.717) is 38.7 Å². The van der Waals surface area contributed by atoms with E-state index in [2.05, 4.69) is 24.1 Å². The molecule has 1 N–H and O–H groups in total. The first kappa shape index (κ1) is 18.6. The lowest BCUT2D eigenvalue weighted by molar-refractivity contribution is -0.121. The minimum atomic E-state index is -0.216. The normalized spacial score (nSPS) is 16.3. The number of carbonyl (C=O) groups is 1. The summed E-state index contributed by atoms with van der Waals surface area (Å²) in [4.78, 5) is 31.9. The summed E-state index contributed by atoms with van der Waals surface area (Å²) in [5.74, 6) is 0.664. The number of likely N-dealkylation sites (N-methyl/N-ethyl adjacent to an activating group) is 1. The van der Waals surface area contributed by atoms with Gasteiger partial charge >= 0.3 is 0 Å². The summed E-state index contributed by atoms with van der Waals surface area (Å²) in [5, 5.41) is 3.25. The second-order valence-electron chi connectivity index (χ2n) is 6.58. The van der Waals surface area contributed by atoms with Crippen LogP contribution in [0.3, 0.4) is 0 Å². The second-order valence-corrected chi connectivity index (χ2v) is 8.26. The molecule has 3 rings (SSSR count). The van der Waals surface area contributed by atoms with E-state index in [4.69, 9.17) is 12.2 Å². The number of anilines is 1. The fourth-order valence-electron chi connectivity index (χ4n) is 2.55. The summed E-state index contributed by atoms with van der Waals surface area (Å²) < 4.78 is 1.98. The van der Waals surface area contributed by atoms with Gasteiger partial charge in [-0.25, -0.2) is 4.98 Å². The van der Waals surface area contributed by atoms with Gasteiger partial charge in [0.2, 0.25) is 0 Å². The Hall–Kier alpha value is -2.19. The molecule has 0 radical (unpaired) electrons. The van der Waals surface area contributed by atoms with Gasteiger partial charge in [0.1, 0.15) is 15.8 Å². The number of carbonyl (C=O) groups excluding carboxylic acids is 1. The molecule has 0 aromatic carbocycles. The number of amides is 1. The number of hydrogen-bond donors (Lipinski definition) is 1. The van der Waals surface area contributed by atoms with Crippen LogP contribution in [0.25, 0.3) is 11.7 Å². The maximum Gasteiger partial charge on any atom is 0.267 e. The zero-order chi connectivity index (χ0) is 19.0. The smallest absolute Gasteiger partial charge is 0.267 e. The van der Waals surface area contributed by atoms with Crippen LogP contribution in [-0.2, 0) is 4.79 Å². The first-order valence-electron chi connectivity index (χ1n) is 8.27. The molecule has 0 saturated carbocycles. The number of hydrogen-bond acceptors (Lipinski definition) is 6. The van der Waals surface area contributed by atoms with E-state index in [9.17, 15) is 9.59 Å². The standard InChI is InChI=1S/C18H20N4O2S2/c1-10(2)9-19-14-12(8-13-17(24)21(4)18(25)26-13)16(23)22-7-5-6-11(3)15(22)20-14/h5-8,10,19H,9H2,1-4H3/b13-8+. The number of thiocarbonyl (C=S) groups is 1. The minimum absolute atomic E-state index is 0.205. The topological polar surface area (TPSA) is 66.7 Å².